The Labute approximate surface area is 137 Å². The molecular weight excluding hydrogens is 333 g/mol. The van der Waals surface area contributed by atoms with Crippen molar-refractivity contribution in [3.8, 4) is 0 Å². The number of nitrogen functional groups attached to an aromatic ring is 1. The number of hydrazine groups is 1. The maximum atomic E-state index is 12.2. The number of benzene rings is 2. The third kappa shape index (κ3) is 3.60. The molecule has 4 nitrogen and oxygen atoms in total. The molecule has 0 aliphatic rings. The van der Waals surface area contributed by atoms with Gasteiger partial charge in [0.15, 0.2) is 0 Å². The SMILES string of the molecule is Cc1cc(C(=O)Nc2cc(Cl)c(Cl)cc2Cl)ccc1NN. The molecule has 0 aromatic heterocycles. The Kier molecular flexibility index (Phi) is 4.96. The van der Waals surface area contributed by atoms with Gasteiger partial charge in [0.25, 0.3) is 5.91 Å². The molecule has 2 rings (SSSR count). The van der Waals surface area contributed by atoms with E-state index in [4.69, 9.17) is 40.6 Å². The summed E-state index contributed by atoms with van der Waals surface area (Å²) in [7, 11) is 0. The van der Waals surface area contributed by atoms with E-state index < -0.39 is 0 Å². The van der Waals surface area contributed by atoms with Crippen LogP contribution in [0.15, 0.2) is 30.3 Å². The number of rotatable bonds is 3. The molecule has 0 fully saturated rings. The van der Waals surface area contributed by atoms with Crippen LogP contribution in [-0.4, -0.2) is 5.91 Å². The molecule has 0 spiro atoms. The molecule has 0 atom stereocenters. The highest BCUT2D eigenvalue weighted by Gasteiger charge is 2.12. The average molecular weight is 345 g/mol. The molecule has 0 radical (unpaired) electrons. The first kappa shape index (κ1) is 15.9. The topological polar surface area (TPSA) is 67.2 Å². The van der Waals surface area contributed by atoms with E-state index in [-0.39, 0.29) is 5.91 Å². The summed E-state index contributed by atoms with van der Waals surface area (Å²) >= 11 is 17.8. The first-order chi connectivity index (χ1) is 9.92. The van der Waals surface area contributed by atoms with E-state index in [0.29, 0.717) is 26.3 Å². The van der Waals surface area contributed by atoms with Crippen molar-refractivity contribution < 1.29 is 4.79 Å². The molecule has 0 saturated heterocycles. The zero-order chi connectivity index (χ0) is 15.6. The summed E-state index contributed by atoms with van der Waals surface area (Å²) in [6.45, 7) is 1.85. The highest BCUT2D eigenvalue weighted by atomic mass is 35.5. The number of hydrogen-bond donors (Lipinski definition) is 3. The molecule has 2 aromatic rings. The fraction of sp³-hybridized carbons (Fsp3) is 0.0714. The van der Waals surface area contributed by atoms with Crippen LogP contribution in [0.25, 0.3) is 0 Å². The van der Waals surface area contributed by atoms with Crippen molar-refractivity contribution in [1.29, 1.82) is 0 Å². The summed E-state index contributed by atoms with van der Waals surface area (Å²) in [6.07, 6.45) is 0. The highest BCUT2D eigenvalue weighted by molar-refractivity contribution is 6.44. The molecular formula is C14H12Cl3N3O. The minimum Gasteiger partial charge on any atom is -0.324 e. The first-order valence-electron chi connectivity index (χ1n) is 5.95. The van der Waals surface area contributed by atoms with Crippen LogP contribution in [-0.2, 0) is 0 Å². The van der Waals surface area contributed by atoms with E-state index in [1.54, 1.807) is 18.2 Å². The first-order valence-corrected chi connectivity index (χ1v) is 7.09. The molecule has 0 bridgehead atoms. The quantitative estimate of drug-likeness (QED) is 0.436. The number of carbonyl (C=O) groups is 1. The maximum Gasteiger partial charge on any atom is 0.255 e. The Morgan fingerprint density at radius 1 is 1.00 bits per heavy atom. The lowest BCUT2D eigenvalue weighted by atomic mass is 10.1. The van der Waals surface area contributed by atoms with Crippen LogP contribution in [0, 0.1) is 6.92 Å². The van der Waals surface area contributed by atoms with Gasteiger partial charge in [-0.2, -0.15) is 0 Å². The Morgan fingerprint density at radius 2 is 1.67 bits per heavy atom. The van der Waals surface area contributed by atoms with Crippen LogP contribution in [0.3, 0.4) is 0 Å². The van der Waals surface area contributed by atoms with Crippen molar-refractivity contribution in [1.82, 2.24) is 0 Å². The molecule has 0 aliphatic carbocycles. The molecule has 4 N–H and O–H groups in total. The highest BCUT2D eigenvalue weighted by Crippen LogP contribution is 2.32. The molecule has 0 saturated carbocycles. The lowest BCUT2D eigenvalue weighted by Gasteiger charge is -2.10. The largest absolute Gasteiger partial charge is 0.324 e. The van der Waals surface area contributed by atoms with Crippen molar-refractivity contribution >= 4 is 52.1 Å². The minimum atomic E-state index is -0.304. The van der Waals surface area contributed by atoms with Gasteiger partial charge in [0.05, 0.1) is 26.4 Å². The average Bonchev–Trinajstić information content (AvgIpc) is 2.44. The van der Waals surface area contributed by atoms with Gasteiger partial charge >= 0.3 is 0 Å². The Balaban J connectivity index is 2.26. The second kappa shape index (κ2) is 6.54. The van der Waals surface area contributed by atoms with Gasteiger partial charge in [0.1, 0.15) is 0 Å². The number of nitrogens with one attached hydrogen (secondary N) is 2. The van der Waals surface area contributed by atoms with E-state index in [9.17, 15) is 4.79 Å². The summed E-state index contributed by atoms with van der Waals surface area (Å²) in [4.78, 5) is 12.2. The smallest absolute Gasteiger partial charge is 0.255 e. The predicted octanol–water partition coefficient (Wildman–Crippen LogP) is 4.49. The van der Waals surface area contributed by atoms with E-state index in [1.165, 1.54) is 12.1 Å². The second-order valence-corrected chi connectivity index (χ2v) is 5.60. The molecule has 0 unspecified atom stereocenters. The second-order valence-electron chi connectivity index (χ2n) is 4.37. The number of carbonyl (C=O) groups excluding carboxylic acids is 1. The fourth-order valence-electron chi connectivity index (χ4n) is 1.78. The number of anilines is 2. The molecule has 0 heterocycles. The zero-order valence-corrected chi connectivity index (χ0v) is 13.3. The van der Waals surface area contributed by atoms with Gasteiger partial charge in [-0.05, 0) is 42.8 Å². The Hall–Kier alpha value is -1.46. The van der Waals surface area contributed by atoms with Crippen LogP contribution >= 0.6 is 34.8 Å². The number of hydrogen-bond acceptors (Lipinski definition) is 3. The van der Waals surface area contributed by atoms with Crippen LogP contribution in [0.5, 0.6) is 0 Å². The summed E-state index contributed by atoms with van der Waals surface area (Å²) in [6, 6.07) is 8.08. The van der Waals surface area contributed by atoms with Gasteiger partial charge in [-0.15, -0.1) is 0 Å². The lowest BCUT2D eigenvalue weighted by Crippen LogP contribution is -2.14. The molecule has 110 valence electrons. The van der Waals surface area contributed by atoms with E-state index >= 15 is 0 Å². The summed E-state index contributed by atoms with van der Waals surface area (Å²) in [5, 5.41) is 3.65. The van der Waals surface area contributed by atoms with Crippen molar-refractivity contribution in [3.63, 3.8) is 0 Å². The summed E-state index contributed by atoms with van der Waals surface area (Å²) < 4.78 is 0. The van der Waals surface area contributed by atoms with Crippen LogP contribution in [0.1, 0.15) is 15.9 Å². The summed E-state index contributed by atoms with van der Waals surface area (Å²) in [5.41, 5.74) is 5.03. The lowest BCUT2D eigenvalue weighted by molar-refractivity contribution is 0.102. The van der Waals surface area contributed by atoms with Gasteiger partial charge in [-0.25, -0.2) is 0 Å². The third-order valence-corrected chi connectivity index (χ3v) is 3.94. The standard InChI is InChI=1S/C14H12Cl3N3O/c1-7-4-8(2-3-12(7)20-18)14(21)19-13-6-10(16)9(15)5-11(13)17/h2-6,20H,18H2,1H3,(H,19,21). The van der Waals surface area contributed by atoms with Crippen LogP contribution in [0.4, 0.5) is 11.4 Å². The third-order valence-electron chi connectivity index (χ3n) is 2.90. The van der Waals surface area contributed by atoms with Gasteiger partial charge in [0.2, 0.25) is 0 Å². The number of nitrogens with two attached hydrogens (primary N) is 1. The maximum absolute atomic E-state index is 12.2. The molecule has 0 aliphatic heterocycles. The van der Waals surface area contributed by atoms with E-state index in [1.807, 2.05) is 6.92 Å². The molecule has 2 aromatic carbocycles. The Morgan fingerprint density at radius 3 is 2.29 bits per heavy atom. The number of amides is 1. The van der Waals surface area contributed by atoms with E-state index in [2.05, 4.69) is 10.7 Å². The number of aryl methyl sites for hydroxylation is 1. The van der Waals surface area contributed by atoms with Crippen molar-refractivity contribution in [3.05, 3.63) is 56.5 Å². The zero-order valence-electron chi connectivity index (χ0n) is 11.0. The Bertz CT molecular complexity index is 704. The van der Waals surface area contributed by atoms with Crippen molar-refractivity contribution in [2.24, 2.45) is 5.84 Å². The van der Waals surface area contributed by atoms with Gasteiger partial charge in [-0.1, -0.05) is 34.8 Å². The summed E-state index contributed by atoms with van der Waals surface area (Å²) in [5.74, 6) is 5.05. The number of halogens is 3. The van der Waals surface area contributed by atoms with Crippen LogP contribution < -0.4 is 16.6 Å². The minimum absolute atomic E-state index is 0.304. The molecule has 21 heavy (non-hydrogen) atoms. The monoisotopic (exact) mass is 343 g/mol. The molecule has 1 amide bonds. The van der Waals surface area contributed by atoms with Gasteiger partial charge < -0.3 is 10.7 Å². The van der Waals surface area contributed by atoms with E-state index in [0.717, 1.165) is 11.3 Å². The van der Waals surface area contributed by atoms with Crippen molar-refractivity contribution in [2.45, 2.75) is 6.92 Å². The van der Waals surface area contributed by atoms with Crippen molar-refractivity contribution in [2.75, 3.05) is 10.7 Å². The predicted molar refractivity (Wildman–Crippen MR) is 88.4 cm³/mol. The normalized spacial score (nSPS) is 10.3. The fourth-order valence-corrected chi connectivity index (χ4v) is 2.37. The van der Waals surface area contributed by atoms with Gasteiger partial charge in [0, 0.05) is 5.56 Å². The molecule has 7 heteroatoms. The van der Waals surface area contributed by atoms with Crippen LogP contribution in [0.2, 0.25) is 15.1 Å². The van der Waals surface area contributed by atoms with Gasteiger partial charge in [-0.3, -0.25) is 10.6 Å².